The molecule has 0 radical (unpaired) electrons. The van der Waals surface area contributed by atoms with Crippen molar-refractivity contribution in [2.75, 3.05) is 6.61 Å². The smallest absolute Gasteiger partial charge is 0.487 e. The predicted octanol–water partition coefficient (Wildman–Crippen LogP) is 4.43. The van der Waals surface area contributed by atoms with E-state index >= 15 is 8.63 Å². The largest absolute Gasteiger partial charge is 0.737 e. The molecule has 0 saturated carbocycles. The maximum atomic E-state index is 15.1. The Morgan fingerprint density at radius 2 is 2.15 bits per heavy atom. The van der Waals surface area contributed by atoms with Crippen LogP contribution in [0.1, 0.15) is 45.2 Å². The number of nitriles is 1. The van der Waals surface area contributed by atoms with E-state index in [-0.39, 0.29) is 17.0 Å². The average molecular weight is 371 g/mol. The van der Waals surface area contributed by atoms with Crippen LogP contribution in [0.3, 0.4) is 0 Å². The zero-order valence-corrected chi connectivity index (χ0v) is 15.7. The topological polar surface area (TPSA) is 40.1 Å². The van der Waals surface area contributed by atoms with E-state index in [1.165, 1.54) is 12.4 Å². The molecular formula is C20H24BF2N3O. The summed E-state index contributed by atoms with van der Waals surface area (Å²) >= 11 is 0. The Morgan fingerprint density at radius 3 is 2.85 bits per heavy atom. The molecule has 0 N–H and O–H groups in total. The molecule has 0 saturated heterocycles. The predicted molar refractivity (Wildman–Crippen MR) is 101 cm³/mol. The highest BCUT2D eigenvalue weighted by atomic mass is 19.2. The van der Waals surface area contributed by atoms with Crippen LogP contribution in [0.4, 0.5) is 8.63 Å². The summed E-state index contributed by atoms with van der Waals surface area (Å²) in [6, 6.07) is 5.32. The molecule has 3 rings (SSSR count). The second-order valence-corrected chi connectivity index (χ2v) is 6.92. The van der Waals surface area contributed by atoms with Gasteiger partial charge in [-0.3, -0.25) is 0 Å². The van der Waals surface area contributed by atoms with Gasteiger partial charge >= 0.3 is 6.97 Å². The summed E-state index contributed by atoms with van der Waals surface area (Å²) in [6.45, 7) is 0.621. The number of fused-ring (bicyclic) bond motifs is 2. The number of unbranched alkanes of at least 4 members (excludes halogenated alkanes) is 1. The van der Waals surface area contributed by atoms with Gasteiger partial charge < -0.3 is 22.7 Å². The summed E-state index contributed by atoms with van der Waals surface area (Å²) in [5, 5.41) is 9.71. The first-order valence-corrected chi connectivity index (χ1v) is 9.52. The molecule has 2 aliphatic rings. The van der Waals surface area contributed by atoms with Crippen molar-refractivity contribution in [2.24, 2.45) is 5.92 Å². The number of hydrogen-bond acceptors (Lipinski definition) is 3. The van der Waals surface area contributed by atoms with Crippen molar-refractivity contribution in [3.63, 3.8) is 0 Å². The summed E-state index contributed by atoms with van der Waals surface area (Å²) in [4.78, 5) is 0.880. The molecule has 0 fully saturated rings. The first-order chi connectivity index (χ1) is 13.0. The zero-order chi connectivity index (χ0) is 19.4. The second kappa shape index (κ2) is 7.95. The summed E-state index contributed by atoms with van der Waals surface area (Å²) in [5.74, 6) is 0.702. The first kappa shape index (κ1) is 19.2. The molecule has 0 amide bonds. The summed E-state index contributed by atoms with van der Waals surface area (Å²) in [5.41, 5.74) is 0.557. The van der Waals surface area contributed by atoms with E-state index in [1.54, 1.807) is 30.4 Å². The van der Waals surface area contributed by atoms with Crippen molar-refractivity contribution in [3.8, 4) is 11.8 Å². The van der Waals surface area contributed by atoms with Gasteiger partial charge in [0.1, 0.15) is 17.8 Å². The molecule has 0 spiro atoms. The van der Waals surface area contributed by atoms with E-state index in [4.69, 9.17) is 4.74 Å². The molecule has 1 aromatic heterocycles. The van der Waals surface area contributed by atoms with Gasteiger partial charge in [-0.25, -0.2) is 0 Å². The van der Waals surface area contributed by atoms with E-state index in [2.05, 4.69) is 19.9 Å². The van der Waals surface area contributed by atoms with Gasteiger partial charge in [-0.05, 0) is 36.8 Å². The molecule has 3 heterocycles. The number of rotatable bonds is 7. The molecule has 2 aliphatic heterocycles. The van der Waals surface area contributed by atoms with Crippen LogP contribution in [0.2, 0.25) is 0 Å². The molecule has 1 unspecified atom stereocenters. The van der Waals surface area contributed by atoms with E-state index in [0.29, 0.717) is 18.3 Å². The quantitative estimate of drug-likeness (QED) is 0.666. The maximum absolute atomic E-state index is 15.1. The van der Waals surface area contributed by atoms with Crippen LogP contribution in [0.5, 0.6) is 5.75 Å². The molecule has 7 heteroatoms. The Labute approximate surface area is 159 Å². The van der Waals surface area contributed by atoms with E-state index < -0.39 is 6.97 Å². The highest BCUT2D eigenvalue weighted by Gasteiger charge is 2.53. The normalized spacial score (nSPS) is 18.0. The van der Waals surface area contributed by atoms with Gasteiger partial charge in [0.15, 0.2) is 5.75 Å². The monoisotopic (exact) mass is 371 g/mol. The van der Waals surface area contributed by atoms with Crippen molar-refractivity contribution < 1.29 is 17.8 Å². The number of allylic oxidation sites excluding steroid dienone is 4. The van der Waals surface area contributed by atoms with Crippen LogP contribution in [-0.4, -0.2) is 18.4 Å². The molecule has 0 bridgehead atoms. The first-order valence-electron chi connectivity index (χ1n) is 9.52. The van der Waals surface area contributed by atoms with Crippen LogP contribution in [0.15, 0.2) is 48.5 Å². The van der Waals surface area contributed by atoms with Gasteiger partial charge in [0.2, 0.25) is 5.69 Å². The Hall–Kier alpha value is -2.62. The molecular weight excluding hydrogens is 347 g/mol. The van der Waals surface area contributed by atoms with Gasteiger partial charge in [-0.15, -0.1) is 0 Å². The summed E-state index contributed by atoms with van der Waals surface area (Å²) in [7, 11) is 0. The summed E-state index contributed by atoms with van der Waals surface area (Å²) < 4.78 is 37.1. The van der Waals surface area contributed by atoms with Crippen LogP contribution in [0, 0.1) is 17.2 Å². The Kier molecular flexibility index (Phi) is 5.64. The van der Waals surface area contributed by atoms with E-state index in [1.807, 2.05) is 0 Å². The molecule has 1 atom stereocenters. The lowest BCUT2D eigenvalue weighted by atomic mass is 9.84. The minimum absolute atomic E-state index is 0.154. The van der Waals surface area contributed by atoms with Crippen LogP contribution in [-0.2, 0) is 0 Å². The lowest BCUT2D eigenvalue weighted by Gasteiger charge is -2.38. The number of nitrogens with zero attached hydrogens (tertiary/aromatic N) is 3. The molecule has 4 nitrogen and oxygen atoms in total. The van der Waals surface area contributed by atoms with E-state index in [0.717, 1.165) is 35.0 Å². The fourth-order valence-electron chi connectivity index (χ4n) is 3.54. The maximum Gasteiger partial charge on any atom is 0.737 e. The van der Waals surface area contributed by atoms with Crippen molar-refractivity contribution in [2.45, 2.75) is 39.5 Å². The average Bonchev–Trinajstić information content (AvgIpc) is 2.69. The standard InChI is InChI=1S/C20H24BF2N3O/c1-3-5-9-16(4-2)15-27-19-11-8-13-26-20(19)17(14-24)18-10-6-7-12-25(18)21(26,22)23/h6-8,10-13,16H,3-5,9,15H2,1-2H3. The molecule has 27 heavy (non-hydrogen) atoms. The van der Waals surface area contributed by atoms with Gasteiger partial charge in [-0.2, -0.15) is 5.26 Å². The van der Waals surface area contributed by atoms with Gasteiger partial charge in [-0.1, -0.05) is 39.2 Å². The third-order valence-corrected chi connectivity index (χ3v) is 5.17. The highest BCUT2D eigenvalue weighted by molar-refractivity contribution is 6.55. The van der Waals surface area contributed by atoms with Crippen LogP contribution < -0.4 is 9.21 Å². The number of hydrogen-bond donors (Lipinski definition) is 0. The number of halogens is 2. The minimum Gasteiger partial charge on any atom is -0.487 e. The number of ether oxygens (including phenoxy) is 1. The molecule has 1 aromatic rings. The number of aromatic nitrogens is 1. The van der Waals surface area contributed by atoms with Crippen molar-refractivity contribution in [1.82, 2.24) is 4.81 Å². The SMILES string of the molecule is CCCCC(CC)COc1ccc[n+]2c1C(C#N)=C1C=CC=CN1[B-]2(F)F. The highest BCUT2D eigenvalue weighted by Crippen LogP contribution is 2.36. The van der Waals surface area contributed by atoms with Gasteiger partial charge in [0.05, 0.1) is 6.61 Å². The van der Waals surface area contributed by atoms with Crippen LogP contribution >= 0.6 is 0 Å². The van der Waals surface area contributed by atoms with Crippen molar-refractivity contribution in [3.05, 3.63) is 54.1 Å². The molecule has 0 aromatic carbocycles. The Bertz CT molecular complexity index is 842. The summed E-state index contributed by atoms with van der Waals surface area (Å²) in [6.07, 6.45) is 11.6. The second-order valence-electron chi connectivity index (χ2n) is 6.92. The minimum atomic E-state index is -4.09. The zero-order valence-electron chi connectivity index (χ0n) is 15.7. The molecule has 0 aliphatic carbocycles. The van der Waals surface area contributed by atoms with Gasteiger partial charge in [0.25, 0.3) is 0 Å². The van der Waals surface area contributed by atoms with Crippen LogP contribution in [0.25, 0.3) is 5.57 Å². The fraction of sp³-hybridized carbons (Fsp3) is 0.400. The Morgan fingerprint density at radius 1 is 1.33 bits per heavy atom. The third-order valence-electron chi connectivity index (χ3n) is 5.17. The molecule has 142 valence electrons. The third kappa shape index (κ3) is 3.49. The Balaban J connectivity index is 2.00. The van der Waals surface area contributed by atoms with Crippen molar-refractivity contribution >= 4 is 12.5 Å². The lowest BCUT2D eigenvalue weighted by molar-refractivity contribution is -0.578. The van der Waals surface area contributed by atoms with Crippen molar-refractivity contribution in [1.29, 1.82) is 5.26 Å². The lowest BCUT2D eigenvalue weighted by Crippen LogP contribution is -2.70. The number of pyridine rings is 1. The van der Waals surface area contributed by atoms with E-state index in [9.17, 15) is 5.26 Å². The fourth-order valence-corrected chi connectivity index (χ4v) is 3.54. The van der Waals surface area contributed by atoms with Gasteiger partial charge in [0, 0.05) is 11.8 Å².